The standard InChI is InChI=1S/C15H10ClFN2O2S/c1-21-12-7-13-11(6-9(12)16)18-15(22-13)19-14(20)8-4-2-3-5-10(8)17/h2-7H,1H3,(H,18,19,20). The Kier molecular flexibility index (Phi) is 3.96. The molecule has 0 radical (unpaired) electrons. The number of benzene rings is 2. The van der Waals surface area contributed by atoms with Crippen LogP contribution in [0.25, 0.3) is 10.2 Å². The van der Waals surface area contributed by atoms with Crippen molar-refractivity contribution in [3.63, 3.8) is 0 Å². The number of ether oxygens (including phenoxy) is 1. The van der Waals surface area contributed by atoms with Gasteiger partial charge in [-0.25, -0.2) is 9.37 Å². The van der Waals surface area contributed by atoms with Gasteiger partial charge in [-0.05, 0) is 18.2 Å². The van der Waals surface area contributed by atoms with Crippen LogP contribution in [-0.2, 0) is 0 Å². The fraction of sp³-hybridized carbons (Fsp3) is 0.0667. The molecule has 3 rings (SSSR count). The van der Waals surface area contributed by atoms with Gasteiger partial charge in [0.15, 0.2) is 5.13 Å². The molecule has 3 aromatic rings. The summed E-state index contributed by atoms with van der Waals surface area (Å²) in [4.78, 5) is 16.3. The summed E-state index contributed by atoms with van der Waals surface area (Å²) in [5.41, 5.74) is 0.608. The molecule has 0 saturated carbocycles. The zero-order valence-electron chi connectivity index (χ0n) is 11.4. The van der Waals surface area contributed by atoms with Crippen LogP contribution in [0.1, 0.15) is 10.4 Å². The number of amides is 1. The van der Waals surface area contributed by atoms with Crippen molar-refractivity contribution in [3.8, 4) is 5.75 Å². The van der Waals surface area contributed by atoms with E-state index in [0.29, 0.717) is 21.4 Å². The van der Waals surface area contributed by atoms with Gasteiger partial charge in [0.1, 0.15) is 11.6 Å². The number of hydrogen-bond acceptors (Lipinski definition) is 4. The average molecular weight is 337 g/mol. The van der Waals surface area contributed by atoms with E-state index in [1.165, 1.54) is 36.6 Å². The second-order valence-corrected chi connectivity index (χ2v) is 5.85. The number of halogens is 2. The lowest BCUT2D eigenvalue weighted by atomic mass is 10.2. The van der Waals surface area contributed by atoms with Gasteiger partial charge in [-0.2, -0.15) is 0 Å². The molecule has 112 valence electrons. The number of hydrogen-bond donors (Lipinski definition) is 1. The summed E-state index contributed by atoms with van der Waals surface area (Å²) >= 11 is 7.30. The molecule has 2 aromatic carbocycles. The Balaban J connectivity index is 1.91. The zero-order valence-corrected chi connectivity index (χ0v) is 13.0. The Labute approximate surface area is 134 Å². The number of rotatable bonds is 3. The molecular weight excluding hydrogens is 327 g/mol. The number of fused-ring (bicyclic) bond motifs is 1. The number of methoxy groups -OCH3 is 1. The first kappa shape index (κ1) is 14.7. The fourth-order valence-electron chi connectivity index (χ4n) is 1.95. The molecule has 0 aliphatic carbocycles. The molecule has 1 amide bonds. The van der Waals surface area contributed by atoms with Crippen LogP contribution in [0, 0.1) is 5.82 Å². The highest BCUT2D eigenvalue weighted by Crippen LogP contribution is 2.34. The van der Waals surface area contributed by atoms with E-state index in [9.17, 15) is 9.18 Å². The third kappa shape index (κ3) is 2.75. The Bertz CT molecular complexity index is 866. The van der Waals surface area contributed by atoms with Gasteiger partial charge in [0.05, 0.1) is 27.9 Å². The maximum atomic E-state index is 13.6. The molecule has 0 atom stereocenters. The van der Waals surface area contributed by atoms with Gasteiger partial charge < -0.3 is 4.74 Å². The van der Waals surface area contributed by atoms with Gasteiger partial charge in [-0.1, -0.05) is 35.1 Å². The number of carbonyl (C=O) groups is 1. The number of nitrogens with one attached hydrogen (secondary N) is 1. The molecule has 1 aromatic heterocycles. The average Bonchev–Trinajstić information content (AvgIpc) is 2.87. The van der Waals surface area contributed by atoms with E-state index in [1.54, 1.807) is 18.2 Å². The molecule has 0 spiro atoms. The highest BCUT2D eigenvalue weighted by Gasteiger charge is 2.14. The van der Waals surface area contributed by atoms with Crippen molar-refractivity contribution in [1.82, 2.24) is 4.98 Å². The van der Waals surface area contributed by atoms with Crippen LogP contribution < -0.4 is 10.1 Å². The van der Waals surface area contributed by atoms with E-state index in [2.05, 4.69) is 10.3 Å². The van der Waals surface area contributed by atoms with Gasteiger partial charge in [0, 0.05) is 6.07 Å². The normalized spacial score (nSPS) is 10.7. The molecule has 0 unspecified atom stereocenters. The number of thiazole rings is 1. The van der Waals surface area contributed by atoms with E-state index in [4.69, 9.17) is 16.3 Å². The van der Waals surface area contributed by atoms with E-state index in [0.717, 1.165) is 4.70 Å². The van der Waals surface area contributed by atoms with Gasteiger partial charge in [0.25, 0.3) is 5.91 Å². The number of nitrogens with zero attached hydrogens (tertiary/aromatic N) is 1. The van der Waals surface area contributed by atoms with Crippen molar-refractivity contribution in [3.05, 3.63) is 52.8 Å². The predicted molar refractivity (Wildman–Crippen MR) is 85.5 cm³/mol. The molecule has 22 heavy (non-hydrogen) atoms. The topological polar surface area (TPSA) is 51.2 Å². The van der Waals surface area contributed by atoms with Crippen LogP contribution in [0.4, 0.5) is 9.52 Å². The minimum atomic E-state index is -0.578. The molecule has 0 aliphatic rings. The number of carbonyl (C=O) groups excluding carboxylic acids is 1. The molecule has 1 heterocycles. The van der Waals surface area contributed by atoms with Crippen molar-refractivity contribution in [2.75, 3.05) is 12.4 Å². The summed E-state index contributed by atoms with van der Waals surface area (Å²) in [7, 11) is 1.52. The molecule has 7 heteroatoms. The van der Waals surface area contributed by atoms with Crippen LogP contribution in [-0.4, -0.2) is 18.0 Å². The maximum Gasteiger partial charge on any atom is 0.260 e. The molecule has 1 N–H and O–H groups in total. The number of aromatic nitrogens is 1. The predicted octanol–water partition coefficient (Wildman–Crippen LogP) is 4.35. The van der Waals surface area contributed by atoms with E-state index < -0.39 is 11.7 Å². The van der Waals surface area contributed by atoms with Crippen LogP contribution in [0.5, 0.6) is 5.75 Å². The summed E-state index contributed by atoms with van der Waals surface area (Å²) in [5, 5.41) is 3.40. The Morgan fingerprint density at radius 3 is 2.86 bits per heavy atom. The quantitative estimate of drug-likeness (QED) is 0.773. The zero-order chi connectivity index (χ0) is 15.7. The molecular formula is C15H10ClFN2O2S. The third-order valence-corrected chi connectivity index (χ3v) is 4.23. The highest BCUT2D eigenvalue weighted by atomic mass is 35.5. The maximum absolute atomic E-state index is 13.6. The third-order valence-electron chi connectivity index (χ3n) is 3.00. The number of anilines is 1. The second kappa shape index (κ2) is 5.90. The minimum absolute atomic E-state index is 0.0302. The summed E-state index contributed by atoms with van der Waals surface area (Å²) < 4.78 is 19.5. The van der Waals surface area contributed by atoms with E-state index >= 15 is 0 Å². The Morgan fingerprint density at radius 2 is 2.14 bits per heavy atom. The summed E-state index contributed by atoms with van der Waals surface area (Å²) in [6.45, 7) is 0. The van der Waals surface area contributed by atoms with E-state index in [1.807, 2.05) is 0 Å². The Hall–Kier alpha value is -2.18. The van der Waals surface area contributed by atoms with Crippen molar-refractivity contribution >= 4 is 44.2 Å². The largest absolute Gasteiger partial charge is 0.495 e. The minimum Gasteiger partial charge on any atom is -0.495 e. The van der Waals surface area contributed by atoms with Crippen molar-refractivity contribution < 1.29 is 13.9 Å². The molecule has 0 fully saturated rings. The molecule has 4 nitrogen and oxygen atoms in total. The first-order valence-corrected chi connectivity index (χ1v) is 7.48. The second-order valence-electron chi connectivity index (χ2n) is 4.41. The van der Waals surface area contributed by atoms with Crippen molar-refractivity contribution in [1.29, 1.82) is 0 Å². The van der Waals surface area contributed by atoms with Crippen molar-refractivity contribution in [2.45, 2.75) is 0 Å². The first-order valence-electron chi connectivity index (χ1n) is 6.28. The van der Waals surface area contributed by atoms with Crippen molar-refractivity contribution in [2.24, 2.45) is 0 Å². The van der Waals surface area contributed by atoms with Crippen LogP contribution in [0.15, 0.2) is 36.4 Å². The molecule has 0 bridgehead atoms. The lowest BCUT2D eigenvalue weighted by Gasteiger charge is -2.02. The Morgan fingerprint density at radius 1 is 1.36 bits per heavy atom. The monoisotopic (exact) mass is 336 g/mol. The summed E-state index contributed by atoms with van der Waals surface area (Å²) in [6.07, 6.45) is 0. The summed E-state index contributed by atoms with van der Waals surface area (Å²) in [5.74, 6) is -0.592. The molecule has 0 aliphatic heterocycles. The lowest BCUT2D eigenvalue weighted by molar-refractivity contribution is 0.102. The van der Waals surface area contributed by atoms with Crippen LogP contribution in [0.2, 0.25) is 5.02 Å². The van der Waals surface area contributed by atoms with Gasteiger partial charge >= 0.3 is 0 Å². The first-order chi connectivity index (χ1) is 10.6. The SMILES string of the molecule is COc1cc2sc(NC(=O)c3ccccc3F)nc2cc1Cl. The smallest absolute Gasteiger partial charge is 0.260 e. The van der Waals surface area contributed by atoms with Crippen LogP contribution >= 0.6 is 22.9 Å². The fourth-order valence-corrected chi connectivity index (χ4v) is 3.06. The van der Waals surface area contributed by atoms with Crippen LogP contribution in [0.3, 0.4) is 0 Å². The van der Waals surface area contributed by atoms with E-state index in [-0.39, 0.29) is 5.56 Å². The highest BCUT2D eigenvalue weighted by molar-refractivity contribution is 7.22. The molecule has 0 saturated heterocycles. The van der Waals surface area contributed by atoms with Gasteiger partial charge in [-0.3, -0.25) is 10.1 Å². The lowest BCUT2D eigenvalue weighted by Crippen LogP contribution is -2.13. The van der Waals surface area contributed by atoms with Gasteiger partial charge in [-0.15, -0.1) is 0 Å². The van der Waals surface area contributed by atoms with Gasteiger partial charge in [0.2, 0.25) is 0 Å². The summed E-state index contributed by atoms with van der Waals surface area (Å²) in [6, 6.07) is 9.17.